The Morgan fingerprint density at radius 3 is 2.44 bits per heavy atom. The summed E-state index contributed by atoms with van der Waals surface area (Å²) in [6.45, 7) is 9.62. The van der Waals surface area contributed by atoms with Crippen LogP contribution in [0.4, 0.5) is 10.5 Å². The molecule has 1 aliphatic rings. The van der Waals surface area contributed by atoms with E-state index in [1.54, 1.807) is 0 Å². The second-order valence-corrected chi connectivity index (χ2v) is 6.61. The number of hydrogen-bond acceptors (Lipinski definition) is 2. The molecule has 2 atom stereocenters. The third-order valence-electron chi connectivity index (χ3n) is 3.83. The zero-order chi connectivity index (χ0) is 17.5. The van der Waals surface area contributed by atoms with E-state index in [1.807, 2.05) is 38.1 Å². The Morgan fingerprint density at radius 2 is 1.92 bits per heavy atom. The SMILES string of the molecule is CCNC(=NCc1ccc(NC(=O)NC(C)C)cc1)NC1CC1C.I. The summed E-state index contributed by atoms with van der Waals surface area (Å²) in [7, 11) is 0. The molecular formula is C18H30IN5O. The van der Waals surface area contributed by atoms with Crippen molar-refractivity contribution in [3.05, 3.63) is 29.8 Å². The van der Waals surface area contributed by atoms with Crippen LogP contribution in [0.1, 0.15) is 39.7 Å². The number of urea groups is 1. The minimum Gasteiger partial charge on any atom is -0.357 e. The first kappa shape index (κ1) is 21.5. The van der Waals surface area contributed by atoms with Crippen LogP contribution in [0, 0.1) is 5.92 Å². The number of carbonyl (C=O) groups is 1. The molecule has 0 aromatic heterocycles. The molecule has 7 heteroatoms. The quantitative estimate of drug-likeness (QED) is 0.300. The summed E-state index contributed by atoms with van der Waals surface area (Å²) in [5, 5.41) is 12.3. The van der Waals surface area contributed by atoms with Crippen LogP contribution in [0.25, 0.3) is 0 Å². The van der Waals surface area contributed by atoms with Crippen LogP contribution >= 0.6 is 24.0 Å². The van der Waals surface area contributed by atoms with Crippen LogP contribution in [0.2, 0.25) is 0 Å². The maximum Gasteiger partial charge on any atom is 0.319 e. The normalized spacial score (nSPS) is 19.0. The van der Waals surface area contributed by atoms with Gasteiger partial charge in [-0.1, -0.05) is 19.1 Å². The summed E-state index contributed by atoms with van der Waals surface area (Å²) in [5.74, 6) is 1.60. The number of benzene rings is 1. The van der Waals surface area contributed by atoms with Gasteiger partial charge in [0.25, 0.3) is 0 Å². The van der Waals surface area contributed by atoms with E-state index in [1.165, 1.54) is 6.42 Å². The molecule has 1 aliphatic carbocycles. The lowest BCUT2D eigenvalue weighted by molar-refractivity contribution is 0.250. The third kappa shape index (κ3) is 7.94. The van der Waals surface area contributed by atoms with E-state index in [-0.39, 0.29) is 36.0 Å². The van der Waals surface area contributed by atoms with Crippen molar-refractivity contribution < 1.29 is 4.79 Å². The molecule has 0 aliphatic heterocycles. The fourth-order valence-corrected chi connectivity index (χ4v) is 2.31. The van der Waals surface area contributed by atoms with Gasteiger partial charge in [-0.15, -0.1) is 24.0 Å². The first-order valence-electron chi connectivity index (χ1n) is 8.69. The van der Waals surface area contributed by atoms with Gasteiger partial charge in [0.15, 0.2) is 5.96 Å². The van der Waals surface area contributed by atoms with E-state index in [2.05, 4.69) is 40.1 Å². The first-order valence-corrected chi connectivity index (χ1v) is 8.69. The molecule has 4 N–H and O–H groups in total. The Morgan fingerprint density at radius 1 is 1.28 bits per heavy atom. The number of amides is 2. The molecule has 140 valence electrons. The van der Waals surface area contributed by atoms with Crippen LogP contribution in [0.5, 0.6) is 0 Å². The molecule has 0 spiro atoms. The predicted octanol–water partition coefficient (Wildman–Crippen LogP) is 3.30. The van der Waals surface area contributed by atoms with Gasteiger partial charge in [0.05, 0.1) is 6.54 Å². The second kappa shape index (κ2) is 10.5. The van der Waals surface area contributed by atoms with Gasteiger partial charge >= 0.3 is 6.03 Å². The summed E-state index contributed by atoms with van der Waals surface area (Å²) in [6.07, 6.45) is 1.21. The monoisotopic (exact) mass is 459 g/mol. The average Bonchev–Trinajstić information content (AvgIpc) is 3.20. The molecular weight excluding hydrogens is 429 g/mol. The summed E-state index contributed by atoms with van der Waals surface area (Å²) >= 11 is 0. The minimum absolute atomic E-state index is 0. The maximum atomic E-state index is 11.7. The fourth-order valence-electron chi connectivity index (χ4n) is 2.31. The highest BCUT2D eigenvalue weighted by molar-refractivity contribution is 14.0. The Hall–Kier alpha value is -1.51. The standard InChI is InChI=1S/C18H29N5O.HI/c1-5-19-17(23-16-10-13(16)4)20-11-14-6-8-15(9-7-14)22-18(24)21-12(2)3;/h6-9,12-13,16H,5,10-11H2,1-4H3,(H2,19,20,23)(H2,21,22,24);1H. The van der Waals surface area contributed by atoms with Crippen LogP contribution < -0.4 is 21.3 Å². The van der Waals surface area contributed by atoms with Crippen LogP contribution in [0.3, 0.4) is 0 Å². The van der Waals surface area contributed by atoms with Crippen molar-refractivity contribution in [2.45, 2.75) is 52.7 Å². The number of carbonyl (C=O) groups excluding carboxylic acids is 1. The van der Waals surface area contributed by atoms with Gasteiger partial charge in [0.1, 0.15) is 0 Å². The second-order valence-electron chi connectivity index (χ2n) is 6.61. The summed E-state index contributed by atoms with van der Waals surface area (Å²) in [4.78, 5) is 16.3. The topological polar surface area (TPSA) is 77.5 Å². The molecule has 1 aromatic carbocycles. The molecule has 25 heavy (non-hydrogen) atoms. The van der Waals surface area contributed by atoms with Crippen molar-refractivity contribution >= 4 is 41.7 Å². The van der Waals surface area contributed by atoms with Gasteiger partial charge in [-0.2, -0.15) is 0 Å². The lowest BCUT2D eigenvalue weighted by atomic mass is 10.2. The molecule has 2 unspecified atom stereocenters. The number of anilines is 1. The Bertz CT molecular complexity index is 573. The Kier molecular flexibility index (Phi) is 9.02. The molecule has 0 radical (unpaired) electrons. The third-order valence-corrected chi connectivity index (χ3v) is 3.83. The van der Waals surface area contributed by atoms with Gasteiger partial charge < -0.3 is 21.3 Å². The first-order chi connectivity index (χ1) is 11.5. The van der Waals surface area contributed by atoms with Crippen molar-refractivity contribution in [3.63, 3.8) is 0 Å². The van der Waals surface area contributed by atoms with Gasteiger partial charge in [-0.05, 0) is 50.8 Å². The largest absolute Gasteiger partial charge is 0.357 e. The number of halogens is 1. The fraction of sp³-hybridized carbons (Fsp3) is 0.556. The van der Waals surface area contributed by atoms with Gasteiger partial charge in [-0.3, -0.25) is 0 Å². The number of nitrogens with one attached hydrogen (secondary N) is 4. The van der Waals surface area contributed by atoms with Crippen molar-refractivity contribution in [3.8, 4) is 0 Å². The van der Waals surface area contributed by atoms with E-state index in [0.717, 1.165) is 29.7 Å². The lowest BCUT2D eigenvalue weighted by Gasteiger charge is -2.11. The summed E-state index contributed by atoms with van der Waals surface area (Å²) < 4.78 is 0. The number of aliphatic imine (C=N–C) groups is 1. The van der Waals surface area contributed by atoms with Crippen LogP contribution in [0.15, 0.2) is 29.3 Å². The van der Waals surface area contributed by atoms with Crippen LogP contribution in [-0.2, 0) is 6.54 Å². The summed E-state index contributed by atoms with van der Waals surface area (Å²) in [6, 6.07) is 8.24. The average molecular weight is 459 g/mol. The Labute approximate surface area is 167 Å². The van der Waals surface area contributed by atoms with Crippen molar-refractivity contribution in [2.75, 3.05) is 11.9 Å². The van der Waals surface area contributed by atoms with Gasteiger partial charge in [-0.25, -0.2) is 9.79 Å². The van der Waals surface area contributed by atoms with E-state index in [9.17, 15) is 4.79 Å². The molecule has 0 heterocycles. The molecule has 0 saturated heterocycles. The zero-order valence-corrected chi connectivity index (χ0v) is 17.8. The highest BCUT2D eigenvalue weighted by Crippen LogP contribution is 2.28. The molecule has 2 amide bonds. The van der Waals surface area contributed by atoms with Gasteiger partial charge in [0, 0.05) is 24.3 Å². The number of guanidine groups is 1. The smallest absolute Gasteiger partial charge is 0.319 e. The molecule has 1 fully saturated rings. The van der Waals surface area contributed by atoms with Gasteiger partial charge in [0.2, 0.25) is 0 Å². The minimum atomic E-state index is -0.187. The highest BCUT2D eigenvalue weighted by Gasteiger charge is 2.33. The number of nitrogens with zero attached hydrogens (tertiary/aromatic N) is 1. The number of rotatable bonds is 6. The van der Waals surface area contributed by atoms with E-state index >= 15 is 0 Å². The van der Waals surface area contributed by atoms with E-state index in [4.69, 9.17) is 0 Å². The molecule has 6 nitrogen and oxygen atoms in total. The highest BCUT2D eigenvalue weighted by atomic mass is 127. The lowest BCUT2D eigenvalue weighted by Crippen LogP contribution is -2.39. The van der Waals surface area contributed by atoms with Crippen molar-refractivity contribution in [1.82, 2.24) is 16.0 Å². The predicted molar refractivity (Wildman–Crippen MR) is 115 cm³/mol. The molecule has 0 bridgehead atoms. The van der Waals surface area contributed by atoms with Crippen LogP contribution in [-0.4, -0.2) is 30.6 Å². The number of hydrogen-bond donors (Lipinski definition) is 4. The van der Waals surface area contributed by atoms with E-state index < -0.39 is 0 Å². The molecule has 1 aromatic rings. The maximum absolute atomic E-state index is 11.7. The van der Waals surface area contributed by atoms with Crippen molar-refractivity contribution in [1.29, 1.82) is 0 Å². The Balaban J connectivity index is 0.00000312. The molecule has 2 rings (SSSR count). The van der Waals surface area contributed by atoms with E-state index in [0.29, 0.717) is 12.6 Å². The zero-order valence-electron chi connectivity index (χ0n) is 15.4. The van der Waals surface area contributed by atoms with Crippen molar-refractivity contribution in [2.24, 2.45) is 10.9 Å². The molecule has 1 saturated carbocycles. The summed E-state index contributed by atoms with van der Waals surface area (Å²) in [5.41, 5.74) is 1.88.